The number of carbonyl (C=O) groups excluding carboxylic acids is 1. The molecule has 2 heterocycles. The molecular formula is C27H29NO8. The number of aliphatic hydroxyl groups excluding tert-OH is 3. The number of pyridine rings is 1. The van der Waals surface area contributed by atoms with Gasteiger partial charge >= 0.3 is 0 Å². The number of ether oxygens (including phenoxy) is 3. The molecule has 36 heavy (non-hydrogen) atoms. The van der Waals surface area contributed by atoms with Crippen LogP contribution >= 0.6 is 0 Å². The Kier molecular flexibility index (Phi) is 7.06. The maximum absolute atomic E-state index is 13.8. The van der Waals surface area contributed by atoms with Gasteiger partial charge in [-0.25, -0.2) is 0 Å². The number of unbranched alkanes of at least 4 members (excludes halogenated alkanes) is 3. The molecule has 0 unspecified atom stereocenters. The van der Waals surface area contributed by atoms with Gasteiger partial charge in [0.25, 0.3) is 5.56 Å². The van der Waals surface area contributed by atoms with Gasteiger partial charge in [-0.2, -0.15) is 0 Å². The zero-order valence-electron chi connectivity index (χ0n) is 19.9. The van der Waals surface area contributed by atoms with Gasteiger partial charge in [0.1, 0.15) is 0 Å². The van der Waals surface area contributed by atoms with E-state index in [1.807, 2.05) is 0 Å². The second-order valence-electron chi connectivity index (χ2n) is 8.99. The van der Waals surface area contributed by atoms with Crippen molar-refractivity contribution in [3.05, 3.63) is 56.9 Å². The highest BCUT2D eigenvalue weighted by molar-refractivity contribution is 6.27. The monoisotopic (exact) mass is 495 g/mol. The standard InChI is InChI=1S/C27H29NO8/c29-6-8-34-7-4-2-1-3-5-28-25-19-11-22-23(36-15-35-22)12-20(19)26(32)24(25)18-9-16(13-30)17(14-31)10-21(18)27(28)33/h9-12,29-31H,1-8,13-15H2. The lowest BCUT2D eigenvalue weighted by Gasteiger charge is -2.17. The Morgan fingerprint density at radius 2 is 1.47 bits per heavy atom. The Labute approximate surface area is 207 Å². The summed E-state index contributed by atoms with van der Waals surface area (Å²) in [7, 11) is 0. The van der Waals surface area contributed by atoms with Crippen LogP contribution in [0, 0.1) is 0 Å². The number of ketones is 1. The van der Waals surface area contributed by atoms with Gasteiger partial charge in [0, 0.05) is 35.1 Å². The van der Waals surface area contributed by atoms with Gasteiger partial charge in [-0.15, -0.1) is 0 Å². The fourth-order valence-electron chi connectivity index (χ4n) is 5.05. The van der Waals surface area contributed by atoms with Gasteiger partial charge in [0.15, 0.2) is 17.3 Å². The number of benzene rings is 2. The average molecular weight is 496 g/mol. The molecule has 0 spiro atoms. The van der Waals surface area contributed by atoms with Crippen LogP contribution < -0.4 is 15.0 Å². The minimum Gasteiger partial charge on any atom is -0.454 e. The molecule has 3 aromatic rings. The molecule has 2 aliphatic rings. The maximum atomic E-state index is 13.8. The van der Waals surface area contributed by atoms with Crippen LogP contribution in [0.3, 0.4) is 0 Å². The summed E-state index contributed by atoms with van der Waals surface area (Å²) in [6, 6.07) is 6.65. The molecule has 1 aliphatic carbocycles. The van der Waals surface area contributed by atoms with E-state index in [0.717, 1.165) is 25.7 Å². The molecule has 0 saturated carbocycles. The van der Waals surface area contributed by atoms with Crippen LogP contribution in [-0.2, 0) is 24.5 Å². The third-order valence-corrected chi connectivity index (χ3v) is 6.83. The quantitative estimate of drug-likeness (QED) is 0.271. The van der Waals surface area contributed by atoms with E-state index >= 15 is 0 Å². The van der Waals surface area contributed by atoms with Crippen LogP contribution in [0.25, 0.3) is 22.0 Å². The molecule has 1 aromatic heterocycles. The van der Waals surface area contributed by atoms with E-state index in [9.17, 15) is 19.8 Å². The van der Waals surface area contributed by atoms with E-state index in [1.54, 1.807) is 28.8 Å². The number of nitrogens with zero attached hydrogens (tertiary/aromatic N) is 1. The van der Waals surface area contributed by atoms with E-state index in [1.165, 1.54) is 0 Å². The highest BCUT2D eigenvalue weighted by Gasteiger charge is 2.35. The maximum Gasteiger partial charge on any atom is 0.258 e. The largest absolute Gasteiger partial charge is 0.454 e. The minimum atomic E-state index is -0.323. The van der Waals surface area contributed by atoms with Gasteiger partial charge in [0.05, 0.1) is 37.7 Å². The summed E-state index contributed by atoms with van der Waals surface area (Å²) >= 11 is 0. The summed E-state index contributed by atoms with van der Waals surface area (Å²) in [5.41, 5.74) is 2.75. The van der Waals surface area contributed by atoms with Crippen LogP contribution in [0.5, 0.6) is 11.5 Å². The van der Waals surface area contributed by atoms with Crippen molar-refractivity contribution < 1.29 is 34.3 Å². The minimum absolute atomic E-state index is 0.00828. The van der Waals surface area contributed by atoms with E-state index < -0.39 is 0 Å². The fourth-order valence-corrected chi connectivity index (χ4v) is 5.05. The first kappa shape index (κ1) is 24.5. The molecular weight excluding hydrogens is 466 g/mol. The summed E-state index contributed by atoms with van der Waals surface area (Å²) in [6.45, 7) is 0.783. The summed E-state index contributed by atoms with van der Waals surface area (Å²) < 4.78 is 18.0. The Morgan fingerprint density at radius 3 is 2.17 bits per heavy atom. The molecule has 0 bridgehead atoms. The molecule has 2 aromatic carbocycles. The molecule has 0 saturated heterocycles. The predicted molar refractivity (Wildman–Crippen MR) is 131 cm³/mol. The molecule has 5 rings (SSSR count). The smallest absolute Gasteiger partial charge is 0.258 e. The average Bonchev–Trinajstić information content (AvgIpc) is 3.47. The van der Waals surface area contributed by atoms with Gasteiger partial charge < -0.3 is 34.1 Å². The van der Waals surface area contributed by atoms with Crippen molar-refractivity contribution in [3.8, 4) is 22.8 Å². The Hall–Kier alpha value is -3.24. The van der Waals surface area contributed by atoms with E-state index in [-0.39, 0.29) is 38.0 Å². The SMILES string of the molecule is O=C1c2cc3c(cc2-c2c1c1cc(CO)c(CO)cc1c(=O)n2CCCCCCOCCO)OCO3. The van der Waals surface area contributed by atoms with E-state index in [4.69, 9.17) is 19.3 Å². The normalized spacial score (nSPS) is 13.5. The highest BCUT2D eigenvalue weighted by atomic mass is 16.7. The van der Waals surface area contributed by atoms with Crippen molar-refractivity contribution in [3.63, 3.8) is 0 Å². The van der Waals surface area contributed by atoms with Crippen molar-refractivity contribution in [1.82, 2.24) is 4.57 Å². The molecule has 0 fully saturated rings. The van der Waals surface area contributed by atoms with Gasteiger partial charge in [-0.05, 0) is 48.2 Å². The molecule has 0 amide bonds. The van der Waals surface area contributed by atoms with Crippen molar-refractivity contribution in [2.45, 2.75) is 45.4 Å². The van der Waals surface area contributed by atoms with Crippen molar-refractivity contribution >= 4 is 16.6 Å². The van der Waals surface area contributed by atoms with Gasteiger partial charge in [-0.1, -0.05) is 12.8 Å². The number of hydrogen-bond acceptors (Lipinski definition) is 8. The second-order valence-corrected chi connectivity index (χ2v) is 8.99. The van der Waals surface area contributed by atoms with Crippen molar-refractivity contribution in [2.75, 3.05) is 26.6 Å². The first-order valence-corrected chi connectivity index (χ1v) is 12.2. The topological polar surface area (TPSA) is 127 Å². The van der Waals surface area contributed by atoms with E-state index in [0.29, 0.717) is 75.5 Å². The van der Waals surface area contributed by atoms with Gasteiger partial charge in [0.2, 0.25) is 6.79 Å². The lowest BCUT2D eigenvalue weighted by molar-refractivity contribution is 0.0895. The first-order chi connectivity index (χ1) is 17.6. The van der Waals surface area contributed by atoms with Crippen LogP contribution in [-0.4, -0.2) is 52.3 Å². The van der Waals surface area contributed by atoms with E-state index in [2.05, 4.69) is 0 Å². The van der Waals surface area contributed by atoms with Crippen LogP contribution in [0.1, 0.15) is 52.7 Å². The first-order valence-electron chi connectivity index (χ1n) is 12.2. The predicted octanol–water partition coefficient (Wildman–Crippen LogP) is 2.50. The number of aliphatic hydroxyl groups is 3. The molecule has 1 aliphatic heterocycles. The number of aromatic nitrogens is 1. The van der Waals surface area contributed by atoms with Crippen LogP contribution in [0.2, 0.25) is 0 Å². The fraction of sp³-hybridized carbons (Fsp3) is 0.407. The molecule has 0 atom stereocenters. The summed E-state index contributed by atoms with van der Waals surface area (Å²) in [5.74, 6) is 0.817. The Bertz CT molecular complexity index is 1380. The van der Waals surface area contributed by atoms with Crippen LogP contribution in [0.15, 0.2) is 29.1 Å². The molecule has 190 valence electrons. The number of fused-ring (bicyclic) bond motifs is 6. The lowest BCUT2D eigenvalue weighted by atomic mass is 9.97. The van der Waals surface area contributed by atoms with Crippen molar-refractivity contribution in [1.29, 1.82) is 0 Å². The second kappa shape index (κ2) is 10.4. The summed E-state index contributed by atoms with van der Waals surface area (Å²) in [4.78, 5) is 27.4. The van der Waals surface area contributed by atoms with Gasteiger partial charge in [-0.3, -0.25) is 9.59 Å². The summed E-state index contributed by atoms with van der Waals surface area (Å²) in [5, 5.41) is 29.2. The molecule has 9 heteroatoms. The zero-order valence-corrected chi connectivity index (χ0v) is 19.9. The third-order valence-electron chi connectivity index (χ3n) is 6.83. The third kappa shape index (κ3) is 4.18. The molecule has 9 nitrogen and oxygen atoms in total. The highest BCUT2D eigenvalue weighted by Crippen LogP contribution is 2.46. The Balaban J connectivity index is 1.57. The molecule has 0 radical (unpaired) electrons. The van der Waals surface area contributed by atoms with Crippen molar-refractivity contribution in [2.24, 2.45) is 0 Å². The summed E-state index contributed by atoms with van der Waals surface area (Å²) in [6.07, 6.45) is 3.38. The van der Waals surface area contributed by atoms with Crippen LogP contribution in [0.4, 0.5) is 0 Å². The Morgan fingerprint density at radius 1 is 0.806 bits per heavy atom. The zero-order chi connectivity index (χ0) is 25.2. The number of rotatable bonds is 11. The molecule has 3 N–H and O–H groups in total. The lowest BCUT2D eigenvalue weighted by Crippen LogP contribution is -2.24. The number of carbonyl (C=O) groups is 1. The number of hydrogen-bond donors (Lipinski definition) is 3.